The molecule has 0 fully saturated rings. The minimum atomic E-state index is -1.28. The lowest BCUT2D eigenvalue weighted by atomic mass is 10.00. The first-order chi connectivity index (χ1) is 27.5. The molecule has 5 N–H and O–H groups in total. The zero-order valence-corrected chi connectivity index (χ0v) is 37.4. The minimum absolute atomic E-state index is 0.348. The Kier molecular flexibility index (Phi) is 43.9. The van der Waals surface area contributed by atoms with Gasteiger partial charge in [0.25, 0.3) is 0 Å². The monoisotopic (exact) mass is 792 g/mol. The average molecular weight is 792 g/mol. The van der Waals surface area contributed by atoms with Gasteiger partial charge in [-0.1, -0.05) is 224 Å². The van der Waals surface area contributed by atoms with Crippen molar-refractivity contribution in [2.24, 2.45) is 0 Å². The Labute approximate surface area is 348 Å². The summed E-state index contributed by atoms with van der Waals surface area (Å²) in [6.07, 6.45) is 52.6. The Hall–Kier alpha value is -1.21. The van der Waals surface area contributed by atoms with E-state index in [9.17, 15) is 25.2 Å². The maximum absolute atomic E-state index is 12.4. The van der Waals surface area contributed by atoms with Gasteiger partial charge in [-0.3, -0.25) is 4.79 Å². The van der Waals surface area contributed by atoms with Crippen LogP contribution in [-0.4, -0.2) is 57.3 Å². The molecule has 0 radical (unpaired) electrons. The molecule has 0 bridgehead atoms. The Morgan fingerprint density at radius 3 is 1.12 bits per heavy atom. The van der Waals surface area contributed by atoms with Crippen LogP contribution in [0.1, 0.15) is 258 Å². The number of carbonyl (C=O) groups excluding carboxylic acids is 1. The third-order valence-electron chi connectivity index (χ3n) is 11.6. The molecule has 4 atom stereocenters. The van der Waals surface area contributed by atoms with E-state index in [4.69, 9.17) is 0 Å². The fourth-order valence-corrected chi connectivity index (χ4v) is 7.68. The van der Waals surface area contributed by atoms with Crippen LogP contribution in [0.5, 0.6) is 0 Å². The molecule has 6 heteroatoms. The molecule has 56 heavy (non-hydrogen) atoms. The molecule has 0 saturated carbocycles. The molecular weight excluding hydrogens is 695 g/mol. The summed E-state index contributed by atoms with van der Waals surface area (Å²) in [7, 11) is 0. The van der Waals surface area contributed by atoms with Gasteiger partial charge in [-0.05, 0) is 57.8 Å². The molecule has 0 spiro atoms. The summed E-state index contributed by atoms with van der Waals surface area (Å²) in [5.74, 6) is -0.604. The first kappa shape index (κ1) is 54.8. The molecule has 332 valence electrons. The van der Waals surface area contributed by atoms with E-state index in [0.29, 0.717) is 12.8 Å². The number of hydrogen-bond acceptors (Lipinski definition) is 5. The van der Waals surface area contributed by atoms with Gasteiger partial charge in [0, 0.05) is 0 Å². The van der Waals surface area contributed by atoms with Crippen molar-refractivity contribution in [2.45, 2.75) is 282 Å². The summed E-state index contributed by atoms with van der Waals surface area (Å²) in [4.78, 5) is 12.4. The summed E-state index contributed by atoms with van der Waals surface area (Å²) in [5.41, 5.74) is 0. The van der Waals surface area contributed by atoms with Crippen molar-refractivity contribution in [3.63, 3.8) is 0 Å². The molecule has 0 aliphatic carbocycles. The smallest absolute Gasteiger partial charge is 0.249 e. The van der Waals surface area contributed by atoms with E-state index in [1.165, 1.54) is 173 Å². The highest BCUT2D eigenvalue weighted by molar-refractivity contribution is 5.80. The van der Waals surface area contributed by atoms with Crippen molar-refractivity contribution in [3.05, 3.63) is 24.3 Å². The number of aliphatic hydroxyl groups is 4. The number of unbranched alkanes of at least 4 members (excludes halogenated alkanes) is 32. The molecule has 6 nitrogen and oxygen atoms in total. The zero-order chi connectivity index (χ0) is 41.0. The fourth-order valence-electron chi connectivity index (χ4n) is 7.68. The van der Waals surface area contributed by atoms with E-state index >= 15 is 0 Å². The van der Waals surface area contributed by atoms with Crippen LogP contribution in [0.4, 0.5) is 0 Å². The minimum Gasteiger partial charge on any atom is -0.394 e. The fraction of sp³-hybridized carbons (Fsp3) is 0.900. The van der Waals surface area contributed by atoms with Crippen LogP contribution in [0.25, 0.3) is 0 Å². The van der Waals surface area contributed by atoms with Gasteiger partial charge in [0.15, 0.2) is 0 Å². The standard InChI is InChI=1S/C50H97NO5/c1-3-5-7-9-11-13-15-16-17-18-19-20-21-22-23-24-25-26-27-28-29-30-31-32-33-34-36-37-39-41-43-47(53)49(55)46(45-52)51-50(56)48(54)44-42-40-38-35-14-12-10-8-6-4-2/h10,12,36-37,46-49,52-55H,3-9,11,13-35,38-45H2,1-2H3,(H,51,56)/b12-10-,37-36+. The first-order valence-corrected chi connectivity index (χ1v) is 24.7. The highest BCUT2D eigenvalue weighted by Gasteiger charge is 2.28. The summed E-state index contributed by atoms with van der Waals surface area (Å²) >= 11 is 0. The lowest BCUT2D eigenvalue weighted by Gasteiger charge is -2.27. The second kappa shape index (κ2) is 44.9. The van der Waals surface area contributed by atoms with Crippen molar-refractivity contribution in [1.29, 1.82) is 0 Å². The Morgan fingerprint density at radius 2 is 0.750 bits per heavy atom. The number of hydrogen-bond donors (Lipinski definition) is 5. The Balaban J connectivity index is 3.59. The van der Waals surface area contributed by atoms with Crippen LogP contribution >= 0.6 is 0 Å². The van der Waals surface area contributed by atoms with Crippen molar-refractivity contribution in [3.8, 4) is 0 Å². The van der Waals surface area contributed by atoms with Crippen LogP contribution in [0, 0.1) is 0 Å². The Morgan fingerprint density at radius 1 is 0.429 bits per heavy atom. The molecule has 0 aromatic heterocycles. The molecule has 0 aliphatic rings. The molecule has 4 unspecified atom stereocenters. The van der Waals surface area contributed by atoms with Gasteiger partial charge >= 0.3 is 0 Å². The van der Waals surface area contributed by atoms with Gasteiger partial charge in [0.05, 0.1) is 18.8 Å². The molecule has 1 amide bonds. The summed E-state index contributed by atoms with van der Waals surface area (Å²) in [5, 5.41) is 43.6. The zero-order valence-electron chi connectivity index (χ0n) is 37.4. The summed E-state index contributed by atoms with van der Waals surface area (Å²) < 4.78 is 0. The number of amides is 1. The number of rotatable bonds is 45. The molecule has 0 aliphatic heterocycles. The van der Waals surface area contributed by atoms with Gasteiger partial charge in [0.1, 0.15) is 12.2 Å². The summed E-state index contributed by atoms with van der Waals surface area (Å²) in [6, 6.07) is -1.00. The van der Waals surface area contributed by atoms with Crippen LogP contribution in [0.15, 0.2) is 24.3 Å². The van der Waals surface area contributed by atoms with E-state index in [0.717, 1.165) is 57.8 Å². The predicted molar refractivity (Wildman–Crippen MR) is 242 cm³/mol. The predicted octanol–water partition coefficient (Wildman–Crippen LogP) is 13.5. The second-order valence-electron chi connectivity index (χ2n) is 17.2. The molecule has 0 heterocycles. The van der Waals surface area contributed by atoms with Gasteiger partial charge in [-0.2, -0.15) is 0 Å². The van der Waals surface area contributed by atoms with E-state index in [1.807, 2.05) is 0 Å². The van der Waals surface area contributed by atoms with Gasteiger partial charge in [0.2, 0.25) is 5.91 Å². The highest BCUT2D eigenvalue weighted by Crippen LogP contribution is 2.17. The largest absolute Gasteiger partial charge is 0.394 e. The lowest BCUT2D eigenvalue weighted by molar-refractivity contribution is -0.132. The maximum atomic E-state index is 12.4. The molecular formula is C50H97NO5. The van der Waals surface area contributed by atoms with E-state index in [1.54, 1.807) is 0 Å². The van der Waals surface area contributed by atoms with Gasteiger partial charge < -0.3 is 25.7 Å². The maximum Gasteiger partial charge on any atom is 0.249 e. The number of carbonyl (C=O) groups is 1. The third kappa shape index (κ3) is 38.3. The molecule has 0 aromatic carbocycles. The van der Waals surface area contributed by atoms with Crippen LogP contribution in [0.3, 0.4) is 0 Å². The second-order valence-corrected chi connectivity index (χ2v) is 17.2. The van der Waals surface area contributed by atoms with E-state index < -0.39 is 36.9 Å². The number of allylic oxidation sites excluding steroid dienone is 4. The van der Waals surface area contributed by atoms with E-state index in [-0.39, 0.29) is 0 Å². The topological polar surface area (TPSA) is 110 Å². The molecule has 0 saturated heterocycles. The van der Waals surface area contributed by atoms with Gasteiger partial charge in [-0.25, -0.2) is 0 Å². The first-order valence-electron chi connectivity index (χ1n) is 24.7. The van der Waals surface area contributed by atoms with Crippen LogP contribution in [0.2, 0.25) is 0 Å². The molecule has 0 rings (SSSR count). The lowest BCUT2D eigenvalue weighted by Crippen LogP contribution is -2.53. The number of aliphatic hydroxyl groups excluding tert-OH is 4. The normalized spacial score (nSPS) is 14.2. The highest BCUT2D eigenvalue weighted by atomic mass is 16.3. The summed E-state index contributed by atoms with van der Waals surface area (Å²) in [6.45, 7) is 3.99. The SMILES string of the molecule is CCCC/C=C\CCCCCCC(O)C(=O)NC(CO)C(O)C(O)CCC/C=C/CCCCCCCCCCCCCCCCCCCCCCCCCCC. The van der Waals surface area contributed by atoms with Crippen LogP contribution in [-0.2, 0) is 4.79 Å². The van der Waals surface area contributed by atoms with Crippen molar-refractivity contribution < 1.29 is 25.2 Å². The van der Waals surface area contributed by atoms with Crippen molar-refractivity contribution in [2.75, 3.05) is 6.61 Å². The van der Waals surface area contributed by atoms with Crippen molar-refractivity contribution >= 4 is 5.91 Å². The van der Waals surface area contributed by atoms with Crippen molar-refractivity contribution in [1.82, 2.24) is 5.32 Å². The average Bonchev–Trinajstić information content (AvgIpc) is 3.20. The quantitative estimate of drug-likeness (QED) is 0.0312. The number of nitrogens with one attached hydrogen (secondary N) is 1. The van der Waals surface area contributed by atoms with Crippen LogP contribution < -0.4 is 5.32 Å². The van der Waals surface area contributed by atoms with Gasteiger partial charge in [-0.15, -0.1) is 0 Å². The third-order valence-corrected chi connectivity index (χ3v) is 11.6. The van der Waals surface area contributed by atoms with E-state index in [2.05, 4.69) is 43.5 Å². The Bertz CT molecular complexity index is 847. The molecule has 0 aromatic rings.